The van der Waals surface area contributed by atoms with Crippen LogP contribution in [0.5, 0.6) is 0 Å². The van der Waals surface area contributed by atoms with Gasteiger partial charge in [-0.2, -0.15) is 0 Å². The first-order chi connectivity index (χ1) is 7.89. The average molecular weight is 305 g/mol. The molecule has 0 bridgehead atoms. The van der Waals surface area contributed by atoms with Crippen molar-refractivity contribution in [2.45, 2.75) is 19.4 Å². The van der Waals surface area contributed by atoms with Gasteiger partial charge in [-0.05, 0) is 35.8 Å². The van der Waals surface area contributed by atoms with Crippen molar-refractivity contribution in [3.05, 3.63) is 28.2 Å². The van der Waals surface area contributed by atoms with Crippen LogP contribution in [0.3, 0.4) is 0 Å². The van der Waals surface area contributed by atoms with Crippen molar-refractivity contribution in [2.75, 3.05) is 24.5 Å². The van der Waals surface area contributed by atoms with Crippen molar-refractivity contribution in [3.63, 3.8) is 0 Å². The van der Waals surface area contributed by atoms with E-state index in [1.807, 2.05) is 4.90 Å². The fraction of sp³-hybridized carbons (Fsp3) is 0.500. The summed E-state index contributed by atoms with van der Waals surface area (Å²) in [4.78, 5) is 1.94. The lowest BCUT2D eigenvalue weighted by molar-refractivity contribution is 0.351. The van der Waals surface area contributed by atoms with Crippen molar-refractivity contribution in [1.29, 1.82) is 0 Å². The van der Waals surface area contributed by atoms with Crippen molar-refractivity contribution < 1.29 is 8.78 Å². The van der Waals surface area contributed by atoms with Gasteiger partial charge in [0.2, 0.25) is 0 Å². The molecule has 1 N–H and O–H groups in total. The molecule has 94 valence electrons. The van der Waals surface area contributed by atoms with Gasteiger partial charge >= 0.3 is 0 Å². The summed E-state index contributed by atoms with van der Waals surface area (Å²) in [7, 11) is 0. The molecule has 1 aromatic carbocycles. The third kappa shape index (κ3) is 2.77. The predicted molar refractivity (Wildman–Crippen MR) is 68.4 cm³/mol. The summed E-state index contributed by atoms with van der Waals surface area (Å²) in [6, 6.07) is 2.22. The molecular formula is C12H15BrF2N2. The number of rotatable bonds is 1. The molecule has 17 heavy (non-hydrogen) atoms. The molecule has 1 heterocycles. The first-order valence-corrected chi connectivity index (χ1v) is 6.33. The van der Waals surface area contributed by atoms with Gasteiger partial charge in [-0.25, -0.2) is 8.78 Å². The van der Waals surface area contributed by atoms with Crippen LogP contribution in [0.4, 0.5) is 14.5 Å². The van der Waals surface area contributed by atoms with Gasteiger partial charge in [0.1, 0.15) is 5.82 Å². The van der Waals surface area contributed by atoms with E-state index in [0.29, 0.717) is 23.2 Å². The SMILES string of the molecule is CC1(C)CN(c2c(F)cc(F)cc2Br)CCN1. The van der Waals surface area contributed by atoms with Crippen molar-refractivity contribution in [2.24, 2.45) is 0 Å². The van der Waals surface area contributed by atoms with Crippen LogP contribution in [0.1, 0.15) is 13.8 Å². The van der Waals surface area contributed by atoms with Gasteiger partial charge in [-0.3, -0.25) is 0 Å². The molecule has 0 unspecified atom stereocenters. The van der Waals surface area contributed by atoms with Crippen molar-refractivity contribution in [3.8, 4) is 0 Å². The summed E-state index contributed by atoms with van der Waals surface area (Å²) in [5.41, 5.74) is 0.374. The Bertz CT molecular complexity index is 412. The number of hydrogen-bond acceptors (Lipinski definition) is 2. The molecule has 1 fully saturated rings. The zero-order valence-corrected chi connectivity index (χ0v) is 11.4. The van der Waals surface area contributed by atoms with Crippen molar-refractivity contribution in [1.82, 2.24) is 5.32 Å². The number of anilines is 1. The molecule has 0 aromatic heterocycles. The van der Waals surface area contributed by atoms with E-state index < -0.39 is 11.6 Å². The first kappa shape index (κ1) is 12.8. The second kappa shape index (κ2) is 4.53. The van der Waals surface area contributed by atoms with E-state index in [0.717, 1.165) is 12.6 Å². The zero-order chi connectivity index (χ0) is 12.6. The normalized spacial score (nSPS) is 19.5. The molecule has 5 heteroatoms. The Morgan fingerprint density at radius 3 is 2.65 bits per heavy atom. The van der Waals surface area contributed by atoms with Gasteiger partial charge in [-0.15, -0.1) is 0 Å². The van der Waals surface area contributed by atoms with E-state index in [-0.39, 0.29) is 5.54 Å². The molecule has 2 rings (SSSR count). The number of hydrogen-bond donors (Lipinski definition) is 1. The molecule has 0 atom stereocenters. The van der Waals surface area contributed by atoms with E-state index in [1.54, 1.807) is 0 Å². The molecular weight excluding hydrogens is 290 g/mol. The molecule has 1 aliphatic heterocycles. The smallest absolute Gasteiger partial charge is 0.150 e. The molecule has 0 aliphatic carbocycles. The third-order valence-electron chi connectivity index (χ3n) is 2.87. The second-order valence-corrected chi connectivity index (χ2v) is 5.80. The molecule has 1 saturated heterocycles. The van der Waals surface area contributed by atoms with Crippen LogP contribution in [-0.2, 0) is 0 Å². The number of nitrogens with zero attached hydrogens (tertiary/aromatic N) is 1. The minimum Gasteiger partial charge on any atom is -0.365 e. The Morgan fingerprint density at radius 2 is 2.06 bits per heavy atom. The number of piperazine rings is 1. The highest BCUT2D eigenvalue weighted by molar-refractivity contribution is 9.10. The maximum absolute atomic E-state index is 13.8. The number of halogens is 3. The Kier molecular flexibility index (Phi) is 3.41. The summed E-state index contributed by atoms with van der Waals surface area (Å²) >= 11 is 3.23. The van der Waals surface area contributed by atoms with Gasteiger partial charge in [0.25, 0.3) is 0 Å². The Balaban J connectivity index is 2.34. The van der Waals surface area contributed by atoms with Crippen LogP contribution >= 0.6 is 15.9 Å². The molecule has 0 spiro atoms. The molecule has 1 aliphatic rings. The van der Waals surface area contributed by atoms with Crippen LogP contribution in [0.25, 0.3) is 0 Å². The van der Waals surface area contributed by atoms with Crippen molar-refractivity contribution >= 4 is 21.6 Å². The summed E-state index contributed by atoms with van der Waals surface area (Å²) in [6.45, 7) is 6.32. The van der Waals surface area contributed by atoms with Gasteiger partial charge < -0.3 is 10.2 Å². The highest BCUT2D eigenvalue weighted by Crippen LogP contribution is 2.32. The summed E-state index contributed by atoms with van der Waals surface area (Å²) in [6.07, 6.45) is 0. The summed E-state index contributed by atoms with van der Waals surface area (Å²) < 4.78 is 27.3. The predicted octanol–water partition coefficient (Wildman–Crippen LogP) is 2.92. The Hall–Kier alpha value is -0.680. The second-order valence-electron chi connectivity index (χ2n) is 4.95. The minimum atomic E-state index is -0.562. The lowest BCUT2D eigenvalue weighted by Crippen LogP contribution is -2.57. The lowest BCUT2D eigenvalue weighted by atomic mass is 10.0. The van der Waals surface area contributed by atoms with E-state index in [9.17, 15) is 8.78 Å². The van der Waals surface area contributed by atoms with Crippen LogP contribution in [-0.4, -0.2) is 25.2 Å². The summed E-state index contributed by atoms with van der Waals surface area (Å²) in [5, 5.41) is 3.35. The molecule has 0 amide bonds. The van der Waals surface area contributed by atoms with E-state index >= 15 is 0 Å². The average Bonchev–Trinajstić information content (AvgIpc) is 2.13. The number of nitrogens with one attached hydrogen (secondary N) is 1. The molecule has 0 saturated carbocycles. The number of benzene rings is 1. The molecule has 1 aromatic rings. The Labute approximate surface area is 108 Å². The molecule has 2 nitrogen and oxygen atoms in total. The Morgan fingerprint density at radius 1 is 1.35 bits per heavy atom. The highest BCUT2D eigenvalue weighted by Gasteiger charge is 2.28. The monoisotopic (exact) mass is 304 g/mol. The van der Waals surface area contributed by atoms with Crippen LogP contribution in [0.15, 0.2) is 16.6 Å². The van der Waals surface area contributed by atoms with Gasteiger partial charge in [0, 0.05) is 35.7 Å². The van der Waals surface area contributed by atoms with E-state index in [4.69, 9.17) is 0 Å². The standard InChI is InChI=1S/C12H15BrF2N2/c1-12(2)7-17(4-3-16-12)11-9(13)5-8(14)6-10(11)15/h5-6,16H,3-4,7H2,1-2H3. The highest BCUT2D eigenvalue weighted by atomic mass is 79.9. The zero-order valence-electron chi connectivity index (χ0n) is 9.86. The van der Waals surface area contributed by atoms with Gasteiger partial charge in [0.05, 0.1) is 5.69 Å². The van der Waals surface area contributed by atoms with E-state index in [2.05, 4.69) is 35.1 Å². The third-order valence-corrected chi connectivity index (χ3v) is 3.47. The molecule has 0 radical (unpaired) electrons. The van der Waals surface area contributed by atoms with Crippen LogP contribution < -0.4 is 10.2 Å². The van der Waals surface area contributed by atoms with Gasteiger partial charge in [-0.1, -0.05) is 0 Å². The van der Waals surface area contributed by atoms with Gasteiger partial charge in [0.15, 0.2) is 5.82 Å². The topological polar surface area (TPSA) is 15.3 Å². The minimum absolute atomic E-state index is 0.0709. The van der Waals surface area contributed by atoms with E-state index in [1.165, 1.54) is 6.07 Å². The van der Waals surface area contributed by atoms with Crippen LogP contribution in [0, 0.1) is 11.6 Å². The quantitative estimate of drug-likeness (QED) is 0.858. The maximum Gasteiger partial charge on any atom is 0.150 e. The first-order valence-electron chi connectivity index (χ1n) is 5.53. The maximum atomic E-state index is 13.8. The summed E-state index contributed by atoms with van der Waals surface area (Å²) in [5.74, 6) is -1.08. The van der Waals surface area contributed by atoms with Crippen LogP contribution in [0.2, 0.25) is 0 Å². The largest absolute Gasteiger partial charge is 0.365 e. The lowest BCUT2D eigenvalue weighted by Gasteiger charge is -2.40. The fourth-order valence-corrected chi connectivity index (χ4v) is 2.83. The fourth-order valence-electron chi connectivity index (χ4n) is 2.17.